The minimum atomic E-state index is -3.51. The lowest BCUT2D eigenvalue weighted by molar-refractivity contribution is 0.288. The molecule has 2 rings (SSSR count). The summed E-state index contributed by atoms with van der Waals surface area (Å²) in [5.74, 6) is 0.854. The van der Waals surface area contributed by atoms with Crippen LogP contribution >= 0.6 is 23.2 Å². The summed E-state index contributed by atoms with van der Waals surface area (Å²) in [6.07, 6.45) is 1.79. The van der Waals surface area contributed by atoms with Crippen molar-refractivity contribution < 1.29 is 8.42 Å². The van der Waals surface area contributed by atoms with Crippen LogP contribution < -0.4 is 0 Å². The molecule has 1 aliphatic rings. The molecule has 0 saturated carbocycles. The van der Waals surface area contributed by atoms with Gasteiger partial charge in [-0.15, -0.1) is 11.6 Å². The molecule has 0 amide bonds. The Labute approximate surface area is 124 Å². The highest BCUT2D eigenvalue weighted by molar-refractivity contribution is 7.89. The third kappa shape index (κ3) is 3.24. The normalized spacial score (nSPS) is 18.7. The Kier molecular flexibility index (Phi) is 4.77. The molecule has 106 valence electrons. The Morgan fingerprint density at radius 1 is 1.32 bits per heavy atom. The molecule has 19 heavy (non-hydrogen) atoms. The van der Waals surface area contributed by atoms with Gasteiger partial charge in [-0.05, 0) is 36.5 Å². The van der Waals surface area contributed by atoms with Crippen LogP contribution in [0.2, 0.25) is 5.02 Å². The molecule has 1 saturated heterocycles. The van der Waals surface area contributed by atoms with Gasteiger partial charge in [0.2, 0.25) is 10.0 Å². The SMILES string of the molecule is CC1CCN(S(=O)(=O)c2cc(CCl)ccc2Cl)CC1. The van der Waals surface area contributed by atoms with Crippen molar-refractivity contribution in [3.8, 4) is 0 Å². The minimum absolute atomic E-state index is 0.168. The lowest BCUT2D eigenvalue weighted by Gasteiger charge is -2.29. The van der Waals surface area contributed by atoms with Gasteiger partial charge in [-0.2, -0.15) is 4.31 Å². The van der Waals surface area contributed by atoms with E-state index in [0.29, 0.717) is 19.0 Å². The summed E-state index contributed by atoms with van der Waals surface area (Å²) in [5.41, 5.74) is 0.759. The van der Waals surface area contributed by atoms with Crippen molar-refractivity contribution in [2.75, 3.05) is 13.1 Å². The lowest BCUT2D eigenvalue weighted by Crippen LogP contribution is -2.38. The summed E-state index contributed by atoms with van der Waals surface area (Å²) in [6, 6.07) is 4.91. The number of nitrogens with zero attached hydrogens (tertiary/aromatic N) is 1. The molecule has 6 heteroatoms. The summed E-state index contributed by atoms with van der Waals surface area (Å²) in [7, 11) is -3.51. The second-order valence-corrected chi connectivity index (χ2v) is 7.57. The van der Waals surface area contributed by atoms with Crippen LogP contribution in [-0.2, 0) is 15.9 Å². The Morgan fingerprint density at radius 3 is 2.53 bits per heavy atom. The van der Waals surface area contributed by atoms with Crippen molar-refractivity contribution in [1.29, 1.82) is 0 Å². The van der Waals surface area contributed by atoms with E-state index in [1.54, 1.807) is 18.2 Å². The summed E-state index contributed by atoms with van der Waals surface area (Å²) < 4.78 is 26.7. The van der Waals surface area contributed by atoms with Crippen molar-refractivity contribution in [3.05, 3.63) is 28.8 Å². The molecular formula is C13H17Cl2NO2S. The van der Waals surface area contributed by atoms with E-state index in [1.807, 2.05) is 0 Å². The van der Waals surface area contributed by atoms with Crippen molar-refractivity contribution in [2.45, 2.75) is 30.5 Å². The summed E-state index contributed by atoms with van der Waals surface area (Å²) in [5, 5.41) is 0.257. The van der Waals surface area contributed by atoms with Gasteiger partial charge in [-0.1, -0.05) is 24.6 Å². The third-order valence-corrected chi connectivity index (χ3v) is 6.20. The van der Waals surface area contributed by atoms with E-state index >= 15 is 0 Å². The molecule has 0 bridgehead atoms. The highest BCUT2D eigenvalue weighted by atomic mass is 35.5. The largest absolute Gasteiger partial charge is 0.244 e. The zero-order chi connectivity index (χ0) is 14.0. The summed E-state index contributed by atoms with van der Waals surface area (Å²) in [6.45, 7) is 3.26. The molecule has 0 atom stereocenters. The fourth-order valence-electron chi connectivity index (χ4n) is 2.19. The van der Waals surface area contributed by atoms with E-state index in [2.05, 4.69) is 6.92 Å². The smallest absolute Gasteiger partial charge is 0.207 e. The van der Waals surface area contributed by atoms with Crippen LogP contribution in [0.1, 0.15) is 25.3 Å². The number of hydrogen-bond acceptors (Lipinski definition) is 2. The van der Waals surface area contributed by atoms with Crippen molar-refractivity contribution in [1.82, 2.24) is 4.31 Å². The van der Waals surface area contributed by atoms with Gasteiger partial charge in [-0.3, -0.25) is 0 Å². The van der Waals surface area contributed by atoms with Gasteiger partial charge in [0.1, 0.15) is 4.90 Å². The maximum Gasteiger partial charge on any atom is 0.244 e. The fourth-order valence-corrected chi connectivity index (χ4v) is 4.35. The monoisotopic (exact) mass is 321 g/mol. The first-order valence-electron chi connectivity index (χ1n) is 6.29. The molecule has 1 aromatic carbocycles. The molecule has 0 radical (unpaired) electrons. The molecule has 0 spiro atoms. The second-order valence-electron chi connectivity index (χ2n) is 4.99. The van der Waals surface area contributed by atoms with Gasteiger partial charge in [0.15, 0.2) is 0 Å². The van der Waals surface area contributed by atoms with E-state index in [-0.39, 0.29) is 15.8 Å². The fraction of sp³-hybridized carbons (Fsp3) is 0.538. The first-order chi connectivity index (χ1) is 8.95. The van der Waals surface area contributed by atoms with Crippen molar-refractivity contribution >= 4 is 33.2 Å². The van der Waals surface area contributed by atoms with Gasteiger partial charge in [-0.25, -0.2) is 8.42 Å². The van der Waals surface area contributed by atoms with Crippen LogP contribution in [0.5, 0.6) is 0 Å². The van der Waals surface area contributed by atoms with Gasteiger partial charge in [0, 0.05) is 19.0 Å². The summed E-state index contributed by atoms with van der Waals surface area (Å²) >= 11 is 11.8. The van der Waals surface area contributed by atoms with Crippen LogP contribution in [0.3, 0.4) is 0 Å². The molecule has 0 aliphatic carbocycles. The van der Waals surface area contributed by atoms with Crippen LogP contribution in [0.15, 0.2) is 23.1 Å². The van der Waals surface area contributed by atoms with E-state index in [0.717, 1.165) is 18.4 Å². The van der Waals surface area contributed by atoms with Crippen LogP contribution in [0.4, 0.5) is 0 Å². The average molecular weight is 322 g/mol. The number of halogens is 2. The highest BCUT2D eigenvalue weighted by Gasteiger charge is 2.29. The van der Waals surface area contributed by atoms with Crippen LogP contribution in [0.25, 0.3) is 0 Å². The van der Waals surface area contributed by atoms with Gasteiger partial charge < -0.3 is 0 Å². The molecule has 3 nitrogen and oxygen atoms in total. The van der Waals surface area contributed by atoms with Crippen molar-refractivity contribution in [2.24, 2.45) is 5.92 Å². The zero-order valence-electron chi connectivity index (χ0n) is 10.8. The van der Waals surface area contributed by atoms with Gasteiger partial charge in [0.25, 0.3) is 0 Å². The van der Waals surface area contributed by atoms with Crippen LogP contribution in [0, 0.1) is 5.92 Å². The standard InChI is InChI=1S/C13H17Cl2NO2S/c1-10-4-6-16(7-5-10)19(17,18)13-8-11(9-14)2-3-12(13)15/h2-3,8,10H,4-7,9H2,1H3. The van der Waals surface area contributed by atoms with E-state index < -0.39 is 10.0 Å². The minimum Gasteiger partial charge on any atom is -0.207 e. The average Bonchev–Trinajstić information content (AvgIpc) is 2.39. The zero-order valence-corrected chi connectivity index (χ0v) is 13.1. The third-order valence-electron chi connectivity index (χ3n) is 3.51. The number of piperidine rings is 1. The van der Waals surface area contributed by atoms with Crippen LogP contribution in [-0.4, -0.2) is 25.8 Å². The number of sulfonamides is 1. The predicted molar refractivity (Wildman–Crippen MR) is 78.2 cm³/mol. The maximum absolute atomic E-state index is 12.6. The first-order valence-corrected chi connectivity index (χ1v) is 8.65. The lowest BCUT2D eigenvalue weighted by atomic mass is 10.0. The number of hydrogen-bond donors (Lipinski definition) is 0. The quantitative estimate of drug-likeness (QED) is 0.799. The van der Waals surface area contributed by atoms with E-state index in [4.69, 9.17) is 23.2 Å². The molecule has 1 aromatic rings. The van der Waals surface area contributed by atoms with Crippen molar-refractivity contribution in [3.63, 3.8) is 0 Å². The number of rotatable bonds is 3. The molecule has 0 unspecified atom stereocenters. The molecule has 1 aliphatic heterocycles. The predicted octanol–water partition coefficient (Wildman–Crippen LogP) is 3.50. The first kappa shape index (κ1) is 15.1. The van der Waals surface area contributed by atoms with Gasteiger partial charge >= 0.3 is 0 Å². The molecule has 0 aromatic heterocycles. The Morgan fingerprint density at radius 2 is 1.95 bits per heavy atom. The Bertz CT molecular complexity index is 552. The van der Waals surface area contributed by atoms with Gasteiger partial charge in [0.05, 0.1) is 5.02 Å². The molecule has 1 fully saturated rings. The van der Waals surface area contributed by atoms with E-state index in [9.17, 15) is 8.42 Å². The maximum atomic E-state index is 12.6. The number of alkyl halides is 1. The molecule has 1 heterocycles. The topological polar surface area (TPSA) is 37.4 Å². The summed E-state index contributed by atoms with van der Waals surface area (Å²) in [4.78, 5) is 0.168. The molecular weight excluding hydrogens is 305 g/mol. The highest BCUT2D eigenvalue weighted by Crippen LogP contribution is 2.29. The second kappa shape index (κ2) is 6.00. The van der Waals surface area contributed by atoms with E-state index in [1.165, 1.54) is 4.31 Å². The number of benzene rings is 1. The Balaban J connectivity index is 2.34. The molecule has 0 N–H and O–H groups in total. The Hall–Kier alpha value is -0.290.